The number of hydrogen-bond acceptors (Lipinski definition) is 8. The lowest BCUT2D eigenvalue weighted by Crippen LogP contribution is -2.42. The molecule has 1 unspecified atom stereocenters. The van der Waals surface area contributed by atoms with Crippen molar-refractivity contribution in [3.8, 4) is 0 Å². The van der Waals surface area contributed by atoms with Gasteiger partial charge in [0.25, 0.3) is 0 Å². The van der Waals surface area contributed by atoms with Crippen LogP contribution in [0.15, 0.2) is 29.3 Å². The molecule has 3 aromatic rings. The van der Waals surface area contributed by atoms with Crippen molar-refractivity contribution in [1.82, 2.24) is 28.9 Å². The summed E-state index contributed by atoms with van der Waals surface area (Å²) in [6, 6.07) is 8.22. The molecule has 2 aromatic heterocycles. The van der Waals surface area contributed by atoms with Gasteiger partial charge in [-0.25, -0.2) is 4.98 Å². The highest BCUT2D eigenvalue weighted by molar-refractivity contribution is 5.94. The first kappa shape index (κ1) is 23.2. The van der Waals surface area contributed by atoms with Gasteiger partial charge in [-0.2, -0.15) is 19.4 Å². The molecule has 0 saturated carbocycles. The molecule has 1 aromatic carbocycles. The minimum absolute atomic E-state index is 0.336. The fourth-order valence-corrected chi connectivity index (χ4v) is 6.10. The van der Waals surface area contributed by atoms with E-state index in [0.29, 0.717) is 23.6 Å². The first-order chi connectivity index (χ1) is 18.1. The zero-order valence-corrected chi connectivity index (χ0v) is 21.7. The lowest BCUT2D eigenvalue weighted by molar-refractivity contribution is -0.0727. The van der Waals surface area contributed by atoms with E-state index < -0.39 is 0 Å². The Balaban J connectivity index is 1.25. The summed E-state index contributed by atoms with van der Waals surface area (Å²) in [6.45, 7) is 7.93. The van der Waals surface area contributed by atoms with E-state index in [1.807, 2.05) is 18.5 Å². The van der Waals surface area contributed by atoms with Crippen molar-refractivity contribution in [3.63, 3.8) is 0 Å². The van der Waals surface area contributed by atoms with Gasteiger partial charge in [-0.15, -0.1) is 0 Å². The largest absolute Gasteiger partial charge is 0.381 e. The van der Waals surface area contributed by atoms with E-state index in [2.05, 4.69) is 45.6 Å². The Morgan fingerprint density at radius 3 is 2.49 bits per heavy atom. The van der Waals surface area contributed by atoms with Crippen LogP contribution in [0.25, 0.3) is 11.2 Å². The van der Waals surface area contributed by atoms with Crippen molar-refractivity contribution >= 4 is 40.6 Å². The van der Waals surface area contributed by atoms with Gasteiger partial charge in [-0.3, -0.25) is 4.90 Å². The lowest BCUT2D eigenvalue weighted by atomic mass is 9.83. The van der Waals surface area contributed by atoms with Crippen LogP contribution < -0.4 is 9.38 Å². The van der Waals surface area contributed by atoms with Crippen LogP contribution in [0, 0.1) is 11.8 Å². The van der Waals surface area contributed by atoms with Crippen LogP contribution >= 0.6 is 0 Å². The molecule has 4 aliphatic heterocycles. The highest BCUT2D eigenvalue weighted by atomic mass is 16.5. The lowest BCUT2D eigenvalue weighted by Gasteiger charge is -2.39. The number of aryl methyl sites for hydroxylation is 1. The van der Waals surface area contributed by atoms with Crippen molar-refractivity contribution in [1.29, 1.82) is 0 Å². The molecular formula is C27H35N8O2+. The number of rotatable bonds is 5. The van der Waals surface area contributed by atoms with Gasteiger partial charge in [0, 0.05) is 32.1 Å². The van der Waals surface area contributed by atoms with Crippen molar-refractivity contribution in [3.05, 3.63) is 30.1 Å². The van der Waals surface area contributed by atoms with Crippen LogP contribution in [0.3, 0.4) is 0 Å². The molecule has 10 nitrogen and oxygen atoms in total. The van der Waals surface area contributed by atoms with E-state index >= 15 is 0 Å². The summed E-state index contributed by atoms with van der Waals surface area (Å²) in [5.41, 5.74) is 3.79. The highest BCUT2D eigenvalue weighted by Crippen LogP contribution is 2.42. The summed E-state index contributed by atoms with van der Waals surface area (Å²) >= 11 is 0. The number of imidazole rings is 1. The highest BCUT2D eigenvalue weighted by Gasteiger charge is 2.39. The van der Waals surface area contributed by atoms with Gasteiger partial charge in [0.2, 0.25) is 6.34 Å². The van der Waals surface area contributed by atoms with Crippen molar-refractivity contribution in [2.24, 2.45) is 23.9 Å². The zero-order chi connectivity index (χ0) is 25.0. The Labute approximate surface area is 217 Å². The van der Waals surface area contributed by atoms with Gasteiger partial charge in [0.1, 0.15) is 11.5 Å². The molecule has 3 saturated heterocycles. The van der Waals surface area contributed by atoms with Gasteiger partial charge in [0.05, 0.1) is 40.0 Å². The van der Waals surface area contributed by atoms with Gasteiger partial charge in [0.15, 0.2) is 22.7 Å². The predicted molar refractivity (Wildman–Crippen MR) is 144 cm³/mol. The SMILES string of the molecule is Cn1c(CN2CCC(C3COC3)CC2)nc2c(N3CCOCC3)nc([N+]3(C)C=Nc4ccccc43)nc21. The number of hydrogen-bond donors (Lipinski definition) is 0. The quantitative estimate of drug-likeness (QED) is 0.495. The standard InChI is InChI=1S/C27H35N8O2/c1-32-23(15-33-9-7-19(8-10-33)20-16-37-17-20)29-24-25(32)30-27(31-26(24)34-11-13-36-14-12-34)35(2)18-28-21-5-3-4-6-22(21)35/h3-6,18-20H,7-17H2,1-2H3/q+1. The number of quaternary nitrogens is 1. The van der Waals surface area contributed by atoms with Crippen molar-refractivity contribution in [2.75, 3.05) is 64.6 Å². The van der Waals surface area contributed by atoms with Gasteiger partial charge >= 0.3 is 5.95 Å². The topological polar surface area (TPSA) is 80.9 Å². The Morgan fingerprint density at radius 2 is 1.73 bits per heavy atom. The summed E-state index contributed by atoms with van der Waals surface area (Å²) in [5.74, 6) is 4.22. The number of ether oxygens (including phenoxy) is 2. The molecule has 3 fully saturated rings. The molecule has 0 aliphatic carbocycles. The number of para-hydroxylation sites is 2. The number of likely N-dealkylation sites (tertiary alicyclic amines) is 1. The molecule has 7 rings (SSSR count). The maximum absolute atomic E-state index is 5.65. The number of morpholine rings is 1. The smallest absolute Gasteiger partial charge is 0.344 e. The van der Waals surface area contributed by atoms with Crippen LogP contribution in [-0.4, -0.2) is 90.4 Å². The molecule has 194 valence electrons. The number of fused-ring (bicyclic) bond motifs is 2. The predicted octanol–water partition coefficient (Wildman–Crippen LogP) is 3.00. The molecule has 0 radical (unpaired) electrons. The van der Waals surface area contributed by atoms with Gasteiger partial charge in [-0.1, -0.05) is 12.1 Å². The second-order valence-electron chi connectivity index (χ2n) is 10.9. The molecule has 6 heterocycles. The van der Waals surface area contributed by atoms with Crippen molar-refractivity contribution < 1.29 is 9.47 Å². The Hall–Kier alpha value is -2.92. The maximum Gasteiger partial charge on any atom is 0.344 e. The van der Waals surface area contributed by atoms with E-state index in [0.717, 1.165) is 92.0 Å². The van der Waals surface area contributed by atoms with Gasteiger partial charge in [-0.05, 0) is 37.9 Å². The summed E-state index contributed by atoms with van der Waals surface area (Å²) in [6.07, 6.45) is 4.43. The molecule has 0 bridgehead atoms. The molecule has 37 heavy (non-hydrogen) atoms. The number of aliphatic imine (C=N–C) groups is 1. The zero-order valence-electron chi connectivity index (χ0n) is 21.7. The van der Waals surface area contributed by atoms with Crippen molar-refractivity contribution in [2.45, 2.75) is 19.4 Å². The molecule has 0 amide bonds. The van der Waals surface area contributed by atoms with Crippen LogP contribution in [0.2, 0.25) is 0 Å². The first-order valence-electron chi connectivity index (χ1n) is 13.5. The molecule has 0 spiro atoms. The first-order valence-corrected chi connectivity index (χ1v) is 13.5. The van der Waals surface area contributed by atoms with E-state index in [1.54, 1.807) is 0 Å². The summed E-state index contributed by atoms with van der Waals surface area (Å²) < 4.78 is 13.6. The monoisotopic (exact) mass is 503 g/mol. The molecule has 0 N–H and O–H groups in total. The van der Waals surface area contributed by atoms with Crippen LogP contribution in [0.1, 0.15) is 18.7 Å². The number of piperidine rings is 1. The van der Waals surface area contributed by atoms with E-state index in [9.17, 15) is 0 Å². The minimum atomic E-state index is 0.336. The average molecular weight is 504 g/mol. The van der Waals surface area contributed by atoms with E-state index in [4.69, 9.17) is 24.4 Å². The Bertz CT molecular complexity index is 1340. The second-order valence-corrected chi connectivity index (χ2v) is 10.9. The summed E-state index contributed by atoms with van der Waals surface area (Å²) in [5, 5.41) is 0. The third kappa shape index (κ3) is 3.94. The fraction of sp³-hybridized carbons (Fsp3) is 0.556. The van der Waals surface area contributed by atoms with Crippen LogP contribution in [0.5, 0.6) is 0 Å². The maximum atomic E-state index is 5.65. The average Bonchev–Trinajstić information content (AvgIpc) is 3.42. The van der Waals surface area contributed by atoms with Crippen LogP contribution in [0.4, 0.5) is 23.1 Å². The number of aromatic nitrogens is 4. The normalized spacial score (nSPS) is 25.1. The summed E-state index contributed by atoms with van der Waals surface area (Å²) in [7, 11) is 4.20. The number of benzene rings is 1. The van der Waals surface area contributed by atoms with Crippen LogP contribution in [-0.2, 0) is 23.1 Å². The molecule has 1 atom stereocenters. The fourth-order valence-electron chi connectivity index (χ4n) is 6.10. The third-order valence-corrected chi connectivity index (χ3v) is 8.64. The van der Waals surface area contributed by atoms with E-state index in [1.165, 1.54) is 12.8 Å². The number of nitrogens with zero attached hydrogens (tertiary/aromatic N) is 8. The number of anilines is 1. The second kappa shape index (κ2) is 9.13. The summed E-state index contributed by atoms with van der Waals surface area (Å²) in [4.78, 5) is 25.0. The Kier molecular flexibility index (Phi) is 5.73. The minimum Gasteiger partial charge on any atom is -0.381 e. The van der Waals surface area contributed by atoms with E-state index in [-0.39, 0.29) is 0 Å². The molecular weight excluding hydrogens is 468 g/mol. The van der Waals surface area contributed by atoms with Gasteiger partial charge < -0.3 is 18.9 Å². The molecule has 4 aliphatic rings. The third-order valence-electron chi connectivity index (χ3n) is 8.64. The molecule has 10 heteroatoms. The Morgan fingerprint density at radius 1 is 0.946 bits per heavy atom.